The highest BCUT2D eigenvalue weighted by Gasteiger charge is 2.34. The number of hydrogen-bond acceptors (Lipinski definition) is 4. The predicted molar refractivity (Wildman–Crippen MR) is 108 cm³/mol. The lowest BCUT2D eigenvalue weighted by Gasteiger charge is -2.22. The van der Waals surface area contributed by atoms with Crippen LogP contribution in [-0.2, 0) is 4.79 Å². The molecule has 10 heteroatoms. The van der Waals surface area contributed by atoms with Crippen molar-refractivity contribution in [3.63, 3.8) is 0 Å². The van der Waals surface area contributed by atoms with E-state index in [-0.39, 0.29) is 24.2 Å². The fourth-order valence-corrected chi connectivity index (χ4v) is 3.77. The fourth-order valence-electron chi connectivity index (χ4n) is 3.54. The summed E-state index contributed by atoms with van der Waals surface area (Å²) >= 11 is 3.32. The molecule has 158 valence electrons. The zero-order valence-electron chi connectivity index (χ0n) is 15.9. The van der Waals surface area contributed by atoms with Gasteiger partial charge in [-0.3, -0.25) is 9.69 Å². The maximum Gasteiger partial charge on any atom is 0.325 e. The molecule has 2 aliphatic rings. The van der Waals surface area contributed by atoms with Crippen molar-refractivity contribution in [2.24, 2.45) is 0 Å². The minimum Gasteiger partial charge on any atom is -0.472 e. The number of halogens is 3. The van der Waals surface area contributed by atoms with Crippen LogP contribution in [0.25, 0.3) is 0 Å². The number of urea groups is 1. The van der Waals surface area contributed by atoms with Crippen LogP contribution in [0.3, 0.4) is 0 Å². The van der Waals surface area contributed by atoms with Gasteiger partial charge in [0.1, 0.15) is 12.6 Å². The minimum atomic E-state index is -1.02. The SMILES string of the molecule is O=C(CN1CCN(c2ccc(F)c(F)c2)C1=O)N1CCC(Oc2ccc(Br)cn2)C1. The van der Waals surface area contributed by atoms with Crippen molar-refractivity contribution in [2.45, 2.75) is 12.5 Å². The Bertz CT molecular complexity index is 960. The summed E-state index contributed by atoms with van der Waals surface area (Å²) in [6.45, 7) is 1.53. The van der Waals surface area contributed by atoms with Gasteiger partial charge in [0.2, 0.25) is 11.8 Å². The molecule has 0 spiro atoms. The van der Waals surface area contributed by atoms with E-state index in [0.717, 1.165) is 16.6 Å². The van der Waals surface area contributed by atoms with Crippen molar-refractivity contribution in [3.8, 4) is 5.88 Å². The molecular weight excluding hydrogens is 462 g/mol. The number of likely N-dealkylation sites (tertiary alicyclic amines) is 1. The van der Waals surface area contributed by atoms with Crippen LogP contribution >= 0.6 is 15.9 Å². The highest BCUT2D eigenvalue weighted by atomic mass is 79.9. The molecule has 2 aromatic rings. The Morgan fingerprint density at radius 3 is 2.73 bits per heavy atom. The largest absolute Gasteiger partial charge is 0.472 e. The molecule has 2 saturated heterocycles. The summed E-state index contributed by atoms with van der Waals surface area (Å²) in [6.07, 6.45) is 2.17. The van der Waals surface area contributed by atoms with E-state index >= 15 is 0 Å². The normalized spacial score (nSPS) is 19.0. The second kappa shape index (κ2) is 8.55. The smallest absolute Gasteiger partial charge is 0.325 e. The first kappa shape index (κ1) is 20.5. The second-order valence-corrected chi connectivity index (χ2v) is 8.05. The molecule has 1 aromatic heterocycles. The monoisotopic (exact) mass is 480 g/mol. The molecule has 4 rings (SSSR count). The van der Waals surface area contributed by atoms with Crippen LogP contribution in [0.15, 0.2) is 41.0 Å². The van der Waals surface area contributed by atoms with Crippen LogP contribution in [0.4, 0.5) is 19.3 Å². The van der Waals surface area contributed by atoms with Crippen LogP contribution in [0.5, 0.6) is 5.88 Å². The first-order valence-corrected chi connectivity index (χ1v) is 10.3. The third-order valence-electron chi connectivity index (χ3n) is 5.12. The molecule has 1 aromatic carbocycles. The van der Waals surface area contributed by atoms with Crippen LogP contribution < -0.4 is 9.64 Å². The number of anilines is 1. The molecule has 1 unspecified atom stereocenters. The van der Waals surface area contributed by atoms with Crippen LogP contribution in [-0.4, -0.2) is 65.5 Å². The molecular formula is C20H19BrF2N4O3. The Hall–Kier alpha value is -2.75. The first-order valence-electron chi connectivity index (χ1n) is 9.48. The molecule has 0 N–H and O–H groups in total. The Morgan fingerprint density at radius 1 is 1.17 bits per heavy atom. The van der Waals surface area contributed by atoms with E-state index in [1.807, 2.05) is 6.07 Å². The molecule has 3 heterocycles. The third-order valence-corrected chi connectivity index (χ3v) is 5.59. The fraction of sp³-hybridized carbons (Fsp3) is 0.350. The lowest BCUT2D eigenvalue weighted by Crippen LogP contribution is -2.42. The van der Waals surface area contributed by atoms with Crippen molar-refractivity contribution < 1.29 is 23.1 Å². The van der Waals surface area contributed by atoms with Gasteiger partial charge < -0.3 is 14.5 Å². The van der Waals surface area contributed by atoms with Gasteiger partial charge in [-0.25, -0.2) is 18.6 Å². The number of amides is 3. The number of rotatable bonds is 5. The Kier molecular flexibility index (Phi) is 5.85. The zero-order chi connectivity index (χ0) is 21.3. The number of aromatic nitrogens is 1. The molecule has 1 atom stereocenters. The highest BCUT2D eigenvalue weighted by Crippen LogP contribution is 2.23. The quantitative estimate of drug-likeness (QED) is 0.659. The molecule has 3 amide bonds. The van der Waals surface area contributed by atoms with E-state index in [9.17, 15) is 18.4 Å². The summed E-state index contributed by atoms with van der Waals surface area (Å²) in [5, 5.41) is 0. The molecule has 30 heavy (non-hydrogen) atoms. The molecule has 0 radical (unpaired) electrons. The summed E-state index contributed by atoms with van der Waals surface area (Å²) in [6, 6.07) is 6.50. The third kappa shape index (κ3) is 4.38. The average molecular weight is 481 g/mol. The van der Waals surface area contributed by atoms with E-state index in [0.29, 0.717) is 38.5 Å². The van der Waals surface area contributed by atoms with E-state index < -0.39 is 17.7 Å². The topological polar surface area (TPSA) is 66.0 Å². The van der Waals surface area contributed by atoms with Crippen LogP contribution in [0.2, 0.25) is 0 Å². The summed E-state index contributed by atoms with van der Waals surface area (Å²) in [5.41, 5.74) is 0.269. The number of nitrogens with zero attached hydrogens (tertiary/aromatic N) is 4. The predicted octanol–water partition coefficient (Wildman–Crippen LogP) is 3.04. The Morgan fingerprint density at radius 2 is 2.00 bits per heavy atom. The summed E-state index contributed by atoms with van der Waals surface area (Å²) in [4.78, 5) is 33.9. The second-order valence-electron chi connectivity index (χ2n) is 7.14. The van der Waals surface area contributed by atoms with E-state index in [1.54, 1.807) is 17.2 Å². The lowest BCUT2D eigenvalue weighted by molar-refractivity contribution is -0.130. The average Bonchev–Trinajstić information content (AvgIpc) is 3.33. The summed E-state index contributed by atoms with van der Waals surface area (Å²) < 4.78 is 33.3. The van der Waals surface area contributed by atoms with Gasteiger partial charge in [0.15, 0.2) is 11.6 Å². The maximum atomic E-state index is 13.5. The molecule has 7 nitrogen and oxygen atoms in total. The highest BCUT2D eigenvalue weighted by molar-refractivity contribution is 9.10. The first-order chi connectivity index (χ1) is 14.4. The molecule has 0 saturated carbocycles. The number of carbonyl (C=O) groups is 2. The van der Waals surface area contributed by atoms with Gasteiger partial charge >= 0.3 is 6.03 Å². The van der Waals surface area contributed by atoms with Crippen molar-refractivity contribution >= 4 is 33.6 Å². The number of ether oxygens (including phenoxy) is 1. The summed E-state index contributed by atoms with van der Waals surface area (Å²) in [5.74, 6) is -1.67. The van der Waals surface area contributed by atoms with Gasteiger partial charge in [-0.2, -0.15) is 0 Å². The van der Waals surface area contributed by atoms with Crippen LogP contribution in [0.1, 0.15) is 6.42 Å². The molecule has 0 aliphatic carbocycles. The van der Waals surface area contributed by atoms with Crippen molar-refractivity contribution in [1.82, 2.24) is 14.8 Å². The number of carbonyl (C=O) groups excluding carboxylic acids is 2. The van der Waals surface area contributed by atoms with Gasteiger partial charge in [-0.15, -0.1) is 0 Å². The van der Waals surface area contributed by atoms with E-state index in [4.69, 9.17) is 4.74 Å². The van der Waals surface area contributed by atoms with E-state index in [1.165, 1.54) is 15.9 Å². The molecule has 2 fully saturated rings. The number of hydrogen-bond donors (Lipinski definition) is 0. The lowest BCUT2D eigenvalue weighted by atomic mass is 10.3. The standard InChI is InChI=1S/C20H19BrF2N4O3/c21-13-1-4-18(24-10-13)30-15-5-6-25(11-15)19(28)12-26-7-8-27(20(26)29)14-2-3-16(22)17(23)9-14/h1-4,9-10,15H,5-8,11-12H2. The van der Waals surface area contributed by atoms with Gasteiger partial charge in [-0.1, -0.05) is 0 Å². The molecule has 2 aliphatic heterocycles. The minimum absolute atomic E-state index is 0.0672. The van der Waals surface area contributed by atoms with Crippen molar-refractivity contribution in [2.75, 3.05) is 37.6 Å². The number of benzene rings is 1. The Balaban J connectivity index is 1.31. The van der Waals surface area contributed by atoms with Crippen molar-refractivity contribution in [3.05, 3.63) is 52.6 Å². The van der Waals surface area contributed by atoms with Gasteiger partial charge in [-0.05, 0) is 34.1 Å². The Labute approximate surface area is 180 Å². The number of pyridine rings is 1. The van der Waals surface area contributed by atoms with Crippen LogP contribution in [0, 0.1) is 11.6 Å². The van der Waals surface area contributed by atoms with Gasteiger partial charge in [0, 0.05) is 54.5 Å². The maximum absolute atomic E-state index is 13.5. The van der Waals surface area contributed by atoms with E-state index in [2.05, 4.69) is 20.9 Å². The molecule has 0 bridgehead atoms. The van der Waals surface area contributed by atoms with Gasteiger partial charge in [0.25, 0.3) is 0 Å². The van der Waals surface area contributed by atoms with Gasteiger partial charge in [0.05, 0.1) is 6.54 Å². The summed E-state index contributed by atoms with van der Waals surface area (Å²) in [7, 11) is 0. The van der Waals surface area contributed by atoms with Crippen molar-refractivity contribution in [1.29, 1.82) is 0 Å². The zero-order valence-corrected chi connectivity index (χ0v) is 17.5.